The molecule has 0 amide bonds. The van der Waals surface area contributed by atoms with E-state index in [4.69, 9.17) is 0 Å². The van der Waals surface area contributed by atoms with Gasteiger partial charge in [0.15, 0.2) is 10.2 Å². The topological polar surface area (TPSA) is 76.0 Å². The first-order valence-corrected chi connectivity index (χ1v) is 10.5. The molecule has 4 rings (SSSR count). The molecular formula is C14H16BrClN4O2S2. The molecule has 0 bridgehead atoms. The Morgan fingerprint density at radius 2 is 2.17 bits per heavy atom. The zero-order valence-electron chi connectivity index (χ0n) is 12.6. The minimum absolute atomic E-state index is 0. The third kappa shape index (κ3) is 3.20. The number of rotatable bonds is 3. The number of nitrogens with zero attached hydrogens (tertiary/aromatic N) is 2. The summed E-state index contributed by atoms with van der Waals surface area (Å²) in [5, 5.41) is 4.26. The Kier molecular flexibility index (Phi) is 5.17. The number of imidazole rings is 1. The van der Waals surface area contributed by atoms with Gasteiger partial charge in [0.1, 0.15) is 4.60 Å². The Morgan fingerprint density at radius 3 is 3.00 bits per heavy atom. The van der Waals surface area contributed by atoms with E-state index in [0.717, 1.165) is 30.4 Å². The van der Waals surface area contributed by atoms with Crippen molar-refractivity contribution in [2.75, 3.05) is 17.0 Å². The number of hydrogen-bond donors (Lipinski definition) is 2. The first-order valence-electron chi connectivity index (χ1n) is 7.29. The van der Waals surface area contributed by atoms with Crippen molar-refractivity contribution >= 4 is 55.8 Å². The second-order valence-electron chi connectivity index (χ2n) is 5.51. The van der Waals surface area contributed by atoms with E-state index < -0.39 is 10.0 Å². The number of nitrogens with one attached hydrogen (secondary N) is 2. The molecule has 1 aromatic heterocycles. The minimum atomic E-state index is -3.68. The van der Waals surface area contributed by atoms with Crippen LogP contribution in [-0.4, -0.2) is 30.3 Å². The fourth-order valence-corrected chi connectivity index (χ4v) is 6.34. The number of benzene rings is 1. The molecule has 0 spiro atoms. The summed E-state index contributed by atoms with van der Waals surface area (Å²) in [6, 6.07) is 5.72. The standard InChI is InChI=1S/C14H15BrN4O2S2.ClH/c15-12-13(19-5-6-22-14(19)17-12)23(20,21)18-11-2-1-10-8-16-4-3-9(10)7-11;/h1-2,7,16,18H,3-6,8H2;1H. The van der Waals surface area contributed by atoms with Gasteiger partial charge < -0.3 is 9.88 Å². The second kappa shape index (κ2) is 6.87. The van der Waals surface area contributed by atoms with Crippen molar-refractivity contribution in [3.8, 4) is 0 Å². The molecule has 0 radical (unpaired) electrons. The average molecular weight is 452 g/mol. The van der Waals surface area contributed by atoms with Gasteiger partial charge in [0.05, 0.1) is 0 Å². The van der Waals surface area contributed by atoms with Gasteiger partial charge in [-0.1, -0.05) is 17.8 Å². The van der Waals surface area contributed by atoms with Gasteiger partial charge in [0.2, 0.25) is 0 Å². The smallest absolute Gasteiger partial charge is 0.280 e. The molecule has 3 heterocycles. The molecule has 2 aliphatic heterocycles. The zero-order valence-corrected chi connectivity index (χ0v) is 16.6. The van der Waals surface area contributed by atoms with Gasteiger partial charge in [-0.3, -0.25) is 4.72 Å². The second-order valence-corrected chi connectivity index (χ2v) is 8.92. The maximum absolute atomic E-state index is 12.8. The maximum Gasteiger partial charge on any atom is 0.280 e. The summed E-state index contributed by atoms with van der Waals surface area (Å²) in [5.74, 6) is 0.851. The molecule has 0 saturated carbocycles. The van der Waals surface area contributed by atoms with Crippen LogP contribution in [0.25, 0.3) is 0 Å². The monoisotopic (exact) mass is 450 g/mol. The van der Waals surface area contributed by atoms with Crippen molar-refractivity contribution in [1.82, 2.24) is 14.9 Å². The van der Waals surface area contributed by atoms with Crippen molar-refractivity contribution in [3.63, 3.8) is 0 Å². The van der Waals surface area contributed by atoms with Crippen LogP contribution < -0.4 is 10.0 Å². The summed E-state index contributed by atoms with van der Waals surface area (Å²) in [4.78, 5) is 4.28. The normalized spacial score (nSPS) is 16.2. The van der Waals surface area contributed by atoms with Crippen LogP contribution in [0.3, 0.4) is 0 Å². The van der Waals surface area contributed by atoms with Crippen LogP contribution in [0.1, 0.15) is 11.1 Å². The molecule has 0 aliphatic carbocycles. The SMILES string of the molecule is Cl.O=S(=O)(Nc1ccc2c(c1)CCNC2)c1c(Br)nc2n1CCS2. The van der Waals surface area contributed by atoms with Gasteiger partial charge in [-0.25, -0.2) is 4.98 Å². The molecule has 0 atom stereocenters. The lowest BCUT2D eigenvalue weighted by Crippen LogP contribution is -2.24. The zero-order chi connectivity index (χ0) is 16.0. The van der Waals surface area contributed by atoms with E-state index in [2.05, 4.69) is 31.0 Å². The average Bonchev–Trinajstić information content (AvgIpc) is 3.06. The fourth-order valence-electron chi connectivity index (χ4n) is 2.93. The molecule has 6 nitrogen and oxygen atoms in total. The quantitative estimate of drug-likeness (QED) is 0.750. The molecule has 2 N–H and O–H groups in total. The highest BCUT2D eigenvalue weighted by molar-refractivity contribution is 9.10. The number of sulfonamides is 1. The van der Waals surface area contributed by atoms with Crippen LogP contribution in [0.5, 0.6) is 0 Å². The third-order valence-corrected chi connectivity index (χ3v) is 7.19. The molecule has 10 heteroatoms. The van der Waals surface area contributed by atoms with Crippen molar-refractivity contribution in [3.05, 3.63) is 33.9 Å². The van der Waals surface area contributed by atoms with E-state index in [1.807, 2.05) is 18.2 Å². The Morgan fingerprint density at radius 1 is 1.33 bits per heavy atom. The predicted molar refractivity (Wildman–Crippen MR) is 101 cm³/mol. The lowest BCUT2D eigenvalue weighted by molar-refractivity contribution is 0.576. The van der Waals surface area contributed by atoms with E-state index >= 15 is 0 Å². The van der Waals surface area contributed by atoms with Crippen molar-refractivity contribution in [1.29, 1.82) is 0 Å². The lowest BCUT2D eigenvalue weighted by Gasteiger charge is -2.18. The third-order valence-electron chi connectivity index (χ3n) is 3.99. The van der Waals surface area contributed by atoms with Gasteiger partial charge >= 0.3 is 0 Å². The van der Waals surface area contributed by atoms with E-state index in [1.165, 1.54) is 11.1 Å². The number of thioether (sulfide) groups is 1. The van der Waals surface area contributed by atoms with Crippen LogP contribution >= 0.6 is 40.1 Å². The largest absolute Gasteiger partial charge is 0.312 e. The van der Waals surface area contributed by atoms with E-state index in [1.54, 1.807) is 16.3 Å². The fraction of sp³-hybridized carbons (Fsp3) is 0.357. The number of aromatic nitrogens is 2. The van der Waals surface area contributed by atoms with Gasteiger partial charge in [-0.2, -0.15) is 8.42 Å². The number of halogens is 2. The van der Waals surface area contributed by atoms with Crippen LogP contribution in [-0.2, 0) is 29.5 Å². The summed E-state index contributed by atoms with van der Waals surface area (Å²) < 4.78 is 30.4. The van der Waals surface area contributed by atoms with E-state index in [0.29, 0.717) is 16.8 Å². The van der Waals surface area contributed by atoms with Crippen LogP contribution in [0.2, 0.25) is 0 Å². The first kappa shape index (κ1) is 18.1. The molecule has 2 aromatic rings. The molecule has 0 unspecified atom stereocenters. The van der Waals surface area contributed by atoms with Crippen molar-refractivity contribution in [2.24, 2.45) is 0 Å². The Hall–Kier alpha value is -0.740. The molecular weight excluding hydrogens is 436 g/mol. The van der Waals surface area contributed by atoms with E-state index in [9.17, 15) is 8.42 Å². The van der Waals surface area contributed by atoms with Crippen LogP contribution in [0.4, 0.5) is 5.69 Å². The first-order chi connectivity index (χ1) is 11.0. The molecule has 0 saturated heterocycles. The minimum Gasteiger partial charge on any atom is -0.312 e. The molecule has 2 aliphatic rings. The highest BCUT2D eigenvalue weighted by Crippen LogP contribution is 2.34. The highest BCUT2D eigenvalue weighted by Gasteiger charge is 2.30. The van der Waals surface area contributed by atoms with Crippen LogP contribution in [0, 0.1) is 0 Å². The molecule has 130 valence electrons. The van der Waals surface area contributed by atoms with Crippen molar-refractivity contribution in [2.45, 2.75) is 29.7 Å². The Labute approximate surface area is 159 Å². The number of anilines is 1. The molecule has 1 aromatic carbocycles. The van der Waals surface area contributed by atoms with Gasteiger partial charge in [0, 0.05) is 24.5 Å². The summed E-state index contributed by atoms with van der Waals surface area (Å²) in [7, 11) is -3.68. The maximum atomic E-state index is 12.8. The summed E-state index contributed by atoms with van der Waals surface area (Å²) in [6.45, 7) is 2.41. The number of hydrogen-bond acceptors (Lipinski definition) is 5. The Balaban J connectivity index is 0.00000169. The summed E-state index contributed by atoms with van der Waals surface area (Å²) >= 11 is 4.85. The lowest BCUT2D eigenvalue weighted by atomic mass is 10.0. The number of fused-ring (bicyclic) bond motifs is 2. The van der Waals surface area contributed by atoms with Gasteiger partial charge in [-0.05, 0) is 52.2 Å². The predicted octanol–water partition coefficient (Wildman–Crippen LogP) is 2.62. The van der Waals surface area contributed by atoms with Gasteiger partial charge in [0.25, 0.3) is 10.0 Å². The summed E-state index contributed by atoms with van der Waals surface area (Å²) in [6.07, 6.45) is 0.910. The molecule has 24 heavy (non-hydrogen) atoms. The van der Waals surface area contributed by atoms with Gasteiger partial charge in [-0.15, -0.1) is 12.4 Å². The summed E-state index contributed by atoms with van der Waals surface area (Å²) in [5.41, 5.74) is 3.01. The Bertz CT molecular complexity index is 885. The van der Waals surface area contributed by atoms with E-state index in [-0.39, 0.29) is 17.4 Å². The highest BCUT2D eigenvalue weighted by atomic mass is 79.9. The van der Waals surface area contributed by atoms with Crippen molar-refractivity contribution < 1.29 is 8.42 Å². The van der Waals surface area contributed by atoms with Crippen LogP contribution in [0.15, 0.2) is 33.0 Å². The molecule has 0 fully saturated rings.